The molecule has 1 atom stereocenters. The highest BCUT2D eigenvalue weighted by atomic mass is 16.3. The van der Waals surface area contributed by atoms with Crippen molar-refractivity contribution in [3.8, 4) is 23.0 Å². The number of aliphatic hydroxyl groups is 1. The number of carbonyl (C=O) groups excluding carboxylic acids is 4. The van der Waals surface area contributed by atoms with Gasteiger partial charge in [-0.3, -0.25) is 19.2 Å². The quantitative estimate of drug-likeness (QED) is 0.300. The van der Waals surface area contributed by atoms with Gasteiger partial charge >= 0.3 is 0 Å². The molecule has 0 fully saturated rings. The van der Waals surface area contributed by atoms with Gasteiger partial charge in [-0.1, -0.05) is 0 Å². The molecule has 9 heteroatoms. The number of ketones is 4. The minimum Gasteiger partial charge on any atom is -0.508 e. The molecule has 0 saturated carbocycles. The Bertz CT molecular complexity index is 1520. The van der Waals surface area contributed by atoms with Crippen molar-refractivity contribution in [2.24, 2.45) is 0 Å². The smallest absolute Gasteiger partial charge is 0.201 e. The summed E-state index contributed by atoms with van der Waals surface area (Å²) in [7, 11) is 0. The van der Waals surface area contributed by atoms with Crippen molar-refractivity contribution in [3.63, 3.8) is 0 Å². The highest BCUT2D eigenvalue weighted by molar-refractivity contribution is 6.32. The Kier molecular flexibility index (Phi) is 4.37. The highest BCUT2D eigenvalue weighted by Gasteiger charge is 2.41. The molecule has 0 saturated heterocycles. The second kappa shape index (κ2) is 6.88. The lowest BCUT2D eigenvalue weighted by molar-refractivity contribution is -0.121. The van der Waals surface area contributed by atoms with Gasteiger partial charge in [0.05, 0.1) is 22.1 Å². The van der Waals surface area contributed by atoms with E-state index in [1.807, 2.05) is 0 Å². The second-order valence-corrected chi connectivity index (χ2v) is 8.93. The largest absolute Gasteiger partial charge is 0.508 e. The average Bonchev–Trinajstić information content (AvgIpc) is 2.69. The fraction of sp³-hybridized carbons (Fsp3) is 0.200. The second-order valence-electron chi connectivity index (χ2n) is 8.93. The first kappa shape index (κ1) is 21.6. The lowest BCUT2D eigenvalue weighted by Gasteiger charge is -2.33. The zero-order chi connectivity index (χ0) is 24.7. The molecule has 2 aliphatic carbocycles. The molecule has 0 heterocycles. The molecular formula is C25H18O9. The SMILES string of the molecule is CC(=O)CC1(O)CC(=O)c2c(cc(O)c3c(O)c4c(cc23)C(=O)c2cc(O)cc(O)c2C4=O)C1. The number of aromatic hydroxyl groups is 4. The minimum atomic E-state index is -1.63. The van der Waals surface area contributed by atoms with Crippen molar-refractivity contribution >= 4 is 33.9 Å². The molecule has 9 nitrogen and oxygen atoms in total. The molecule has 34 heavy (non-hydrogen) atoms. The first-order chi connectivity index (χ1) is 15.9. The van der Waals surface area contributed by atoms with Crippen LogP contribution in [0.2, 0.25) is 0 Å². The number of carbonyl (C=O) groups is 4. The predicted molar refractivity (Wildman–Crippen MR) is 117 cm³/mol. The molecule has 0 radical (unpaired) electrons. The van der Waals surface area contributed by atoms with Gasteiger partial charge in [-0.2, -0.15) is 0 Å². The Morgan fingerprint density at radius 1 is 0.853 bits per heavy atom. The van der Waals surface area contributed by atoms with Crippen LogP contribution in [0.5, 0.6) is 23.0 Å². The van der Waals surface area contributed by atoms with Crippen molar-refractivity contribution in [1.82, 2.24) is 0 Å². The van der Waals surface area contributed by atoms with E-state index in [-0.39, 0.29) is 58.1 Å². The normalized spacial score (nSPS) is 19.1. The van der Waals surface area contributed by atoms with E-state index in [1.165, 1.54) is 19.1 Å². The standard InChI is InChI=1S/C25H18O9/c1-9(26)6-25(34)7-10-2-15(28)19-12(18(10)17(30)8-25)5-14-21(23(19)32)24(33)20-13(22(14)31)3-11(27)4-16(20)29/h2-5,27-29,32,34H,6-8H2,1H3. The van der Waals surface area contributed by atoms with Crippen LogP contribution in [0.15, 0.2) is 24.3 Å². The molecule has 5 rings (SSSR count). The van der Waals surface area contributed by atoms with Crippen LogP contribution in [0.3, 0.4) is 0 Å². The van der Waals surface area contributed by atoms with Gasteiger partial charge in [0.25, 0.3) is 0 Å². The van der Waals surface area contributed by atoms with Crippen LogP contribution < -0.4 is 0 Å². The van der Waals surface area contributed by atoms with Gasteiger partial charge in [-0.25, -0.2) is 0 Å². The monoisotopic (exact) mass is 462 g/mol. The van der Waals surface area contributed by atoms with Crippen LogP contribution in [0.4, 0.5) is 0 Å². The lowest BCUT2D eigenvalue weighted by atomic mass is 9.74. The van der Waals surface area contributed by atoms with Crippen LogP contribution in [-0.4, -0.2) is 54.3 Å². The molecule has 1 unspecified atom stereocenters. The Morgan fingerprint density at radius 3 is 2.21 bits per heavy atom. The van der Waals surface area contributed by atoms with Crippen molar-refractivity contribution in [1.29, 1.82) is 0 Å². The van der Waals surface area contributed by atoms with Crippen LogP contribution in [0, 0.1) is 0 Å². The Balaban J connectivity index is 1.80. The molecule has 3 aromatic carbocycles. The van der Waals surface area contributed by atoms with Gasteiger partial charge in [0.2, 0.25) is 5.78 Å². The van der Waals surface area contributed by atoms with Crippen molar-refractivity contribution in [3.05, 3.63) is 57.6 Å². The maximum Gasteiger partial charge on any atom is 0.201 e. The molecule has 5 N–H and O–H groups in total. The van der Waals surface area contributed by atoms with Crippen LogP contribution in [0.25, 0.3) is 10.8 Å². The summed E-state index contributed by atoms with van der Waals surface area (Å²) in [5.74, 6) is -4.85. The molecule has 0 aromatic heterocycles. The zero-order valence-electron chi connectivity index (χ0n) is 17.8. The van der Waals surface area contributed by atoms with Crippen LogP contribution in [0.1, 0.15) is 67.5 Å². The van der Waals surface area contributed by atoms with Gasteiger partial charge < -0.3 is 25.5 Å². The molecule has 0 amide bonds. The maximum atomic E-state index is 13.2. The van der Waals surface area contributed by atoms with Crippen molar-refractivity contribution in [2.75, 3.05) is 0 Å². The number of hydrogen-bond donors (Lipinski definition) is 5. The lowest BCUT2D eigenvalue weighted by Crippen LogP contribution is -2.40. The number of benzene rings is 3. The van der Waals surface area contributed by atoms with E-state index in [2.05, 4.69) is 0 Å². The van der Waals surface area contributed by atoms with Crippen molar-refractivity contribution in [2.45, 2.75) is 31.8 Å². The fourth-order valence-corrected chi connectivity index (χ4v) is 5.18. The number of fused-ring (bicyclic) bond motifs is 5. The van der Waals surface area contributed by atoms with Gasteiger partial charge in [0.15, 0.2) is 11.6 Å². The summed E-state index contributed by atoms with van der Waals surface area (Å²) in [6, 6.07) is 4.30. The van der Waals surface area contributed by atoms with E-state index in [0.29, 0.717) is 0 Å². The van der Waals surface area contributed by atoms with Gasteiger partial charge in [0.1, 0.15) is 28.8 Å². The summed E-state index contributed by atoms with van der Waals surface area (Å²) in [5.41, 5.74) is -2.72. The topological polar surface area (TPSA) is 169 Å². The van der Waals surface area contributed by atoms with Gasteiger partial charge in [0, 0.05) is 47.4 Å². The van der Waals surface area contributed by atoms with Gasteiger partial charge in [-0.05, 0) is 30.7 Å². The number of hydrogen-bond acceptors (Lipinski definition) is 9. The third-order valence-electron chi connectivity index (χ3n) is 6.37. The Hall–Kier alpha value is -4.24. The summed E-state index contributed by atoms with van der Waals surface area (Å²) in [6.07, 6.45) is -0.760. The number of Topliss-reactive ketones (excluding diaryl/α,β-unsaturated/α-hetero) is 2. The molecule has 3 aromatic rings. The molecule has 0 bridgehead atoms. The number of rotatable bonds is 2. The first-order valence-electron chi connectivity index (χ1n) is 10.4. The molecule has 172 valence electrons. The fourth-order valence-electron chi connectivity index (χ4n) is 5.18. The number of phenols is 4. The molecular weight excluding hydrogens is 444 g/mol. The summed E-state index contributed by atoms with van der Waals surface area (Å²) in [5, 5.41) is 52.2. The molecule has 2 aliphatic rings. The van der Waals surface area contributed by atoms with E-state index < -0.39 is 57.1 Å². The highest BCUT2D eigenvalue weighted by Crippen LogP contribution is 2.47. The number of phenolic OH excluding ortho intramolecular Hbond substituents is 4. The third kappa shape index (κ3) is 2.90. The van der Waals surface area contributed by atoms with Crippen LogP contribution >= 0.6 is 0 Å². The predicted octanol–water partition coefficient (Wildman–Crippen LogP) is 2.28. The van der Waals surface area contributed by atoms with E-state index in [4.69, 9.17) is 0 Å². The maximum absolute atomic E-state index is 13.2. The zero-order valence-corrected chi connectivity index (χ0v) is 17.8. The van der Waals surface area contributed by atoms with E-state index in [1.54, 1.807) is 0 Å². The Labute approximate surface area is 191 Å². The summed E-state index contributed by atoms with van der Waals surface area (Å²) in [6.45, 7) is 1.29. The van der Waals surface area contributed by atoms with E-state index in [0.717, 1.165) is 12.1 Å². The third-order valence-corrected chi connectivity index (χ3v) is 6.37. The van der Waals surface area contributed by atoms with E-state index >= 15 is 0 Å². The van der Waals surface area contributed by atoms with E-state index in [9.17, 15) is 44.7 Å². The summed E-state index contributed by atoms with van der Waals surface area (Å²) < 4.78 is 0. The Morgan fingerprint density at radius 2 is 1.53 bits per heavy atom. The van der Waals surface area contributed by atoms with Crippen molar-refractivity contribution < 1.29 is 44.7 Å². The van der Waals surface area contributed by atoms with Gasteiger partial charge in [-0.15, -0.1) is 0 Å². The first-order valence-corrected chi connectivity index (χ1v) is 10.4. The van der Waals surface area contributed by atoms with Crippen LogP contribution in [-0.2, 0) is 11.2 Å². The molecule has 0 aliphatic heterocycles. The summed E-state index contributed by atoms with van der Waals surface area (Å²) in [4.78, 5) is 51.0. The average molecular weight is 462 g/mol. The summed E-state index contributed by atoms with van der Waals surface area (Å²) >= 11 is 0. The molecule has 0 spiro atoms. The minimum absolute atomic E-state index is 0.00935.